The summed E-state index contributed by atoms with van der Waals surface area (Å²) in [5.74, 6) is -2.18. The van der Waals surface area contributed by atoms with Gasteiger partial charge in [0.15, 0.2) is 0 Å². The summed E-state index contributed by atoms with van der Waals surface area (Å²) in [5.41, 5.74) is 1.02. The number of fused-ring (bicyclic) bond motifs is 1. The highest BCUT2D eigenvalue weighted by molar-refractivity contribution is 7.10. The molecular formula is C19H20F2N2O2S. The van der Waals surface area contributed by atoms with Gasteiger partial charge in [-0.2, -0.15) is 0 Å². The number of carbonyl (C=O) groups excluding carboxylic acids is 2. The topological polar surface area (TPSA) is 49.4 Å². The molecule has 26 heavy (non-hydrogen) atoms. The van der Waals surface area contributed by atoms with Crippen molar-refractivity contribution in [2.24, 2.45) is 0 Å². The zero-order chi connectivity index (χ0) is 18.7. The normalized spacial score (nSPS) is 16.3. The fourth-order valence-corrected chi connectivity index (χ4v) is 4.17. The SMILES string of the molecule is CC1c2ccsc2CCN1C(=O)CCCNC(=O)c1ccc(F)cc1F. The standard InChI is InChI=1S/C19H20F2N2O2S/c1-12-14-7-10-26-17(14)6-9-23(12)18(24)3-2-8-22-19(25)15-5-4-13(20)11-16(15)21/h4-5,7,10-12H,2-3,6,8-9H2,1H3,(H,22,25). The number of rotatable bonds is 5. The largest absolute Gasteiger partial charge is 0.352 e. The molecule has 1 N–H and O–H groups in total. The number of benzene rings is 1. The van der Waals surface area contributed by atoms with Crippen LogP contribution in [-0.4, -0.2) is 29.8 Å². The Bertz CT molecular complexity index is 822. The molecule has 0 saturated carbocycles. The lowest BCUT2D eigenvalue weighted by Crippen LogP contribution is -2.38. The summed E-state index contributed by atoms with van der Waals surface area (Å²) in [7, 11) is 0. The molecule has 4 nitrogen and oxygen atoms in total. The molecule has 2 amide bonds. The van der Waals surface area contributed by atoms with Gasteiger partial charge >= 0.3 is 0 Å². The fraction of sp³-hybridized carbons (Fsp3) is 0.368. The first-order valence-electron chi connectivity index (χ1n) is 8.56. The molecule has 1 aromatic carbocycles. The quantitative estimate of drug-likeness (QED) is 0.807. The van der Waals surface area contributed by atoms with E-state index in [0.717, 1.165) is 18.6 Å². The van der Waals surface area contributed by atoms with E-state index in [0.29, 0.717) is 25.5 Å². The van der Waals surface area contributed by atoms with Crippen molar-refractivity contribution < 1.29 is 18.4 Å². The third kappa shape index (κ3) is 3.93. The minimum atomic E-state index is -0.896. The molecule has 138 valence electrons. The number of thiophene rings is 1. The van der Waals surface area contributed by atoms with Gasteiger partial charge in [-0.25, -0.2) is 8.78 Å². The lowest BCUT2D eigenvalue weighted by Gasteiger charge is -2.33. The Morgan fingerprint density at radius 3 is 2.88 bits per heavy atom. The Kier molecular flexibility index (Phi) is 5.66. The maximum Gasteiger partial charge on any atom is 0.254 e. The average Bonchev–Trinajstić information content (AvgIpc) is 3.08. The molecule has 7 heteroatoms. The van der Waals surface area contributed by atoms with Crippen LogP contribution in [0, 0.1) is 11.6 Å². The van der Waals surface area contributed by atoms with Gasteiger partial charge in [0.05, 0.1) is 11.6 Å². The predicted molar refractivity (Wildman–Crippen MR) is 96.1 cm³/mol. The first-order valence-corrected chi connectivity index (χ1v) is 9.44. The van der Waals surface area contributed by atoms with Crippen LogP contribution in [0.25, 0.3) is 0 Å². The summed E-state index contributed by atoms with van der Waals surface area (Å²) in [6, 6.07) is 4.97. The van der Waals surface area contributed by atoms with Crippen molar-refractivity contribution in [2.75, 3.05) is 13.1 Å². The molecule has 1 aromatic heterocycles. The van der Waals surface area contributed by atoms with Crippen LogP contribution in [-0.2, 0) is 11.2 Å². The van der Waals surface area contributed by atoms with E-state index < -0.39 is 17.5 Å². The van der Waals surface area contributed by atoms with Crippen molar-refractivity contribution >= 4 is 23.2 Å². The summed E-state index contributed by atoms with van der Waals surface area (Å²) >= 11 is 1.73. The lowest BCUT2D eigenvalue weighted by molar-refractivity contribution is -0.133. The molecule has 0 aliphatic carbocycles. The van der Waals surface area contributed by atoms with Crippen LogP contribution in [0.1, 0.15) is 46.6 Å². The highest BCUT2D eigenvalue weighted by Crippen LogP contribution is 2.33. The average molecular weight is 378 g/mol. The first-order chi connectivity index (χ1) is 12.5. The van der Waals surface area contributed by atoms with E-state index >= 15 is 0 Å². The van der Waals surface area contributed by atoms with Gasteiger partial charge in [0.25, 0.3) is 5.91 Å². The highest BCUT2D eigenvalue weighted by atomic mass is 32.1. The molecule has 2 aromatic rings. The molecule has 0 radical (unpaired) electrons. The molecule has 0 bridgehead atoms. The second kappa shape index (κ2) is 7.95. The lowest BCUT2D eigenvalue weighted by atomic mass is 10.0. The van der Waals surface area contributed by atoms with E-state index in [9.17, 15) is 18.4 Å². The van der Waals surface area contributed by atoms with E-state index in [1.54, 1.807) is 11.3 Å². The van der Waals surface area contributed by atoms with E-state index in [1.165, 1.54) is 10.4 Å². The van der Waals surface area contributed by atoms with Crippen LogP contribution in [0.3, 0.4) is 0 Å². The van der Waals surface area contributed by atoms with Crippen molar-refractivity contribution in [1.29, 1.82) is 0 Å². The number of carbonyl (C=O) groups is 2. The van der Waals surface area contributed by atoms with E-state index in [-0.39, 0.29) is 24.1 Å². The molecule has 0 fully saturated rings. The Morgan fingerprint density at radius 1 is 1.31 bits per heavy atom. The van der Waals surface area contributed by atoms with Gasteiger partial charge in [0.1, 0.15) is 11.6 Å². The Balaban J connectivity index is 1.46. The van der Waals surface area contributed by atoms with E-state index in [1.807, 2.05) is 11.8 Å². The first kappa shape index (κ1) is 18.5. The van der Waals surface area contributed by atoms with E-state index in [2.05, 4.69) is 16.8 Å². The molecule has 0 saturated heterocycles. The Hall–Kier alpha value is -2.28. The fourth-order valence-electron chi connectivity index (χ4n) is 3.20. The molecule has 1 aliphatic rings. The predicted octanol–water partition coefficient (Wildman–Crippen LogP) is 3.68. The summed E-state index contributed by atoms with van der Waals surface area (Å²) in [6.07, 6.45) is 1.66. The maximum atomic E-state index is 13.6. The zero-order valence-electron chi connectivity index (χ0n) is 14.4. The number of nitrogens with one attached hydrogen (secondary N) is 1. The van der Waals surface area contributed by atoms with Crippen LogP contribution >= 0.6 is 11.3 Å². The molecule has 1 aliphatic heterocycles. The van der Waals surface area contributed by atoms with Gasteiger partial charge in [0, 0.05) is 30.5 Å². The highest BCUT2D eigenvalue weighted by Gasteiger charge is 2.27. The third-order valence-corrected chi connectivity index (χ3v) is 5.62. The second-order valence-corrected chi connectivity index (χ2v) is 7.30. The smallest absolute Gasteiger partial charge is 0.254 e. The summed E-state index contributed by atoms with van der Waals surface area (Å²) < 4.78 is 26.4. The summed E-state index contributed by atoms with van der Waals surface area (Å²) in [5, 5.41) is 4.62. The number of hydrogen-bond acceptors (Lipinski definition) is 3. The molecule has 2 heterocycles. The van der Waals surface area contributed by atoms with Crippen LogP contribution in [0.15, 0.2) is 29.6 Å². The number of hydrogen-bond donors (Lipinski definition) is 1. The molecule has 3 rings (SSSR count). The van der Waals surface area contributed by atoms with Gasteiger partial charge in [0.2, 0.25) is 5.91 Å². The number of halogens is 2. The third-order valence-electron chi connectivity index (χ3n) is 4.63. The van der Waals surface area contributed by atoms with Gasteiger partial charge in [-0.15, -0.1) is 11.3 Å². The van der Waals surface area contributed by atoms with Crippen LogP contribution < -0.4 is 5.32 Å². The maximum absolute atomic E-state index is 13.6. The van der Waals surface area contributed by atoms with Crippen molar-refractivity contribution in [2.45, 2.75) is 32.2 Å². The number of nitrogens with zero attached hydrogens (tertiary/aromatic N) is 1. The minimum absolute atomic E-state index is 0.0524. The molecular weight excluding hydrogens is 358 g/mol. The Morgan fingerprint density at radius 2 is 2.12 bits per heavy atom. The second-order valence-electron chi connectivity index (χ2n) is 6.30. The van der Waals surface area contributed by atoms with Gasteiger partial charge in [-0.3, -0.25) is 9.59 Å². The number of amides is 2. The monoisotopic (exact) mass is 378 g/mol. The van der Waals surface area contributed by atoms with Crippen molar-refractivity contribution in [3.8, 4) is 0 Å². The van der Waals surface area contributed by atoms with Crippen molar-refractivity contribution in [1.82, 2.24) is 10.2 Å². The van der Waals surface area contributed by atoms with Gasteiger partial charge in [-0.05, 0) is 48.9 Å². The van der Waals surface area contributed by atoms with Crippen LogP contribution in [0.5, 0.6) is 0 Å². The van der Waals surface area contributed by atoms with Crippen LogP contribution in [0.2, 0.25) is 0 Å². The van der Waals surface area contributed by atoms with Crippen molar-refractivity contribution in [3.05, 3.63) is 57.3 Å². The zero-order valence-corrected chi connectivity index (χ0v) is 15.2. The molecule has 1 atom stereocenters. The van der Waals surface area contributed by atoms with Crippen molar-refractivity contribution in [3.63, 3.8) is 0 Å². The molecule has 0 spiro atoms. The van der Waals surface area contributed by atoms with Gasteiger partial charge < -0.3 is 10.2 Å². The van der Waals surface area contributed by atoms with Crippen LogP contribution in [0.4, 0.5) is 8.78 Å². The molecule has 1 unspecified atom stereocenters. The summed E-state index contributed by atoms with van der Waals surface area (Å²) in [4.78, 5) is 27.6. The minimum Gasteiger partial charge on any atom is -0.352 e. The summed E-state index contributed by atoms with van der Waals surface area (Å²) in [6.45, 7) is 3.00. The van der Waals surface area contributed by atoms with E-state index in [4.69, 9.17) is 0 Å². The van der Waals surface area contributed by atoms with Gasteiger partial charge in [-0.1, -0.05) is 0 Å². The Labute approximate surface area is 154 Å².